The minimum absolute atomic E-state index is 0.0793. The summed E-state index contributed by atoms with van der Waals surface area (Å²) in [7, 11) is -4.19. The molecule has 36 heavy (non-hydrogen) atoms. The van der Waals surface area contributed by atoms with Crippen LogP contribution in [0.25, 0.3) is 0 Å². The van der Waals surface area contributed by atoms with Gasteiger partial charge in [0.15, 0.2) is 0 Å². The smallest absolute Gasteiger partial charge is 0.472 e. The van der Waals surface area contributed by atoms with E-state index in [0.717, 1.165) is 12.8 Å². The Bertz CT molecular complexity index is 538. The van der Waals surface area contributed by atoms with Gasteiger partial charge in [0, 0.05) is 26.2 Å². The summed E-state index contributed by atoms with van der Waals surface area (Å²) in [5.74, 6) is -0.843. The quantitative estimate of drug-likeness (QED) is 0.0747. The van der Waals surface area contributed by atoms with Crippen LogP contribution in [0.4, 0.5) is 0 Å². The number of hydrogen-bond donors (Lipinski definition) is 3. The van der Waals surface area contributed by atoms with E-state index in [1.165, 1.54) is 77.0 Å². The molecule has 4 N–H and O–H groups in total. The van der Waals surface area contributed by atoms with Crippen molar-refractivity contribution in [2.45, 2.75) is 122 Å². The Hall–Kier alpha value is -0.540. The summed E-state index contributed by atoms with van der Waals surface area (Å²) in [5, 5.41) is 8.71. The highest BCUT2D eigenvalue weighted by Gasteiger charge is 2.23. The summed E-state index contributed by atoms with van der Waals surface area (Å²) in [6, 6.07) is 0. The Balaban J connectivity index is 3.85. The first-order valence-electron chi connectivity index (χ1n) is 14.1. The van der Waals surface area contributed by atoms with Gasteiger partial charge in [-0.3, -0.25) is 13.8 Å². The van der Waals surface area contributed by atoms with Crippen LogP contribution in [0.5, 0.6) is 0 Å². The molecular weight excluding hydrogens is 485 g/mol. The molecule has 0 bridgehead atoms. The number of phosphoric ester groups is 1. The molecule has 0 unspecified atom stereocenters. The van der Waals surface area contributed by atoms with Crippen LogP contribution in [0.15, 0.2) is 0 Å². The summed E-state index contributed by atoms with van der Waals surface area (Å²) in [5.41, 5.74) is 5.28. The van der Waals surface area contributed by atoms with Gasteiger partial charge in [-0.1, -0.05) is 90.4 Å². The van der Waals surface area contributed by atoms with Crippen molar-refractivity contribution >= 4 is 13.8 Å². The molecular formula is C26H54NO8P. The summed E-state index contributed by atoms with van der Waals surface area (Å²) >= 11 is 0. The highest BCUT2D eigenvalue weighted by atomic mass is 31.2. The lowest BCUT2D eigenvalue weighted by atomic mass is 10.0. The van der Waals surface area contributed by atoms with Crippen LogP contribution in [0.1, 0.15) is 116 Å². The number of aliphatic carboxylic acids is 1. The zero-order valence-corrected chi connectivity index (χ0v) is 23.6. The van der Waals surface area contributed by atoms with E-state index in [4.69, 9.17) is 29.4 Å². The third kappa shape index (κ3) is 26.5. The fraction of sp³-hybridized carbons (Fsp3) is 0.962. The molecule has 216 valence electrons. The zero-order valence-electron chi connectivity index (χ0n) is 22.7. The first kappa shape index (κ1) is 35.5. The van der Waals surface area contributed by atoms with Crippen LogP contribution in [0.3, 0.4) is 0 Å². The molecule has 0 heterocycles. The van der Waals surface area contributed by atoms with Gasteiger partial charge in [-0.2, -0.15) is 0 Å². The van der Waals surface area contributed by atoms with Gasteiger partial charge in [0.1, 0.15) is 6.10 Å². The molecule has 0 saturated carbocycles. The molecule has 0 rings (SSSR count). The van der Waals surface area contributed by atoms with Gasteiger partial charge < -0.3 is 25.2 Å². The molecule has 0 radical (unpaired) electrons. The lowest BCUT2D eigenvalue weighted by molar-refractivity contribution is -0.137. The van der Waals surface area contributed by atoms with Crippen molar-refractivity contribution in [2.24, 2.45) is 5.73 Å². The van der Waals surface area contributed by atoms with Gasteiger partial charge >= 0.3 is 13.8 Å². The molecule has 0 amide bonds. The summed E-state index contributed by atoms with van der Waals surface area (Å²) in [6.45, 7) is 3.28. The molecule has 2 atom stereocenters. The van der Waals surface area contributed by atoms with Crippen molar-refractivity contribution in [2.75, 3.05) is 39.6 Å². The highest BCUT2D eigenvalue weighted by Crippen LogP contribution is 2.43. The number of rotatable bonds is 29. The van der Waals surface area contributed by atoms with E-state index in [-0.39, 0.29) is 32.8 Å². The number of nitrogens with two attached hydrogens (primary N) is 1. The summed E-state index contributed by atoms with van der Waals surface area (Å²) < 4.78 is 33.0. The van der Waals surface area contributed by atoms with E-state index in [1.54, 1.807) is 0 Å². The van der Waals surface area contributed by atoms with E-state index in [1.807, 2.05) is 0 Å². The molecule has 0 aromatic carbocycles. The molecule has 0 saturated heterocycles. The van der Waals surface area contributed by atoms with Crippen molar-refractivity contribution in [3.05, 3.63) is 0 Å². The van der Waals surface area contributed by atoms with Crippen molar-refractivity contribution in [3.8, 4) is 0 Å². The molecule has 0 aromatic heterocycles. The van der Waals surface area contributed by atoms with Gasteiger partial charge in [0.25, 0.3) is 0 Å². The lowest BCUT2D eigenvalue weighted by Crippen LogP contribution is -2.26. The second kappa shape index (κ2) is 26.1. The molecule has 9 nitrogen and oxygen atoms in total. The number of carboxylic acid groups (broad SMARTS) is 1. The summed E-state index contributed by atoms with van der Waals surface area (Å²) in [6.07, 6.45) is 18.8. The van der Waals surface area contributed by atoms with E-state index < -0.39 is 19.9 Å². The molecule has 0 aliphatic carbocycles. The SMILES string of the molecule is CCCCCCCCCCCCCCCCOC[C@H](CO[P@](=O)(O)OCCN)OCCCCC(=O)O. The standard InChI is InChI=1S/C26H54NO8P/c1-2-3-4-5-6-7-8-9-10-11-12-13-14-16-20-32-23-25(33-21-17-15-18-26(28)29)24-35-36(30,31)34-22-19-27/h25H,2-24,27H2,1H3,(H,28,29)(H,30,31)/t25-/m1/s1. The number of ether oxygens (including phenoxy) is 2. The van der Waals surface area contributed by atoms with Gasteiger partial charge in [0.2, 0.25) is 0 Å². The third-order valence-electron chi connectivity index (χ3n) is 5.88. The maximum absolute atomic E-state index is 11.8. The minimum Gasteiger partial charge on any atom is -0.481 e. The number of phosphoric acid groups is 1. The van der Waals surface area contributed by atoms with E-state index in [2.05, 4.69) is 6.92 Å². The van der Waals surface area contributed by atoms with Crippen LogP contribution in [-0.4, -0.2) is 61.7 Å². The van der Waals surface area contributed by atoms with Crippen molar-refractivity contribution in [1.82, 2.24) is 0 Å². The van der Waals surface area contributed by atoms with Gasteiger partial charge in [-0.05, 0) is 19.3 Å². The maximum Gasteiger partial charge on any atom is 0.472 e. The third-order valence-corrected chi connectivity index (χ3v) is 6.86. The predicted octanol–water partition coefficient (Wildman–Crippen LogP) is 6.22. The van der Waals surface area contributed by atoms with Crippen LogP contribution < -0.4 is 5.73 Å². The topological polar surface area (TPSA) is 138 Å². The van der Waals surface area contributed by atoms with Crippen molar-refractivity contribution in [3.63, 3.8) is 0 Å². The molecule has 0 fully saturated rings. The molecule has 0 aliphatic heterocycles. The number of carboxylic acids is 1. The van der Waals surface area contributed by atoms with Gasteiger partial charge in [-0.25, -0.2) is 4.57 Å². The minimum atomic E-state index is -4.19. The largest absolute Gasteiger partial charge is 0.481 e. The molecule has 0 aliphatic rings. The van der Waals surface area contributed by atoms with Crippen LogP contribution in [0.2, 0.25) is 0 Å². The lowest BCUT2D eigenvalue weighted by Gasteiger charge is -2.20. The molecule has 0 aromatic rings. The Morgan fingerprint density at radius 3 is 1.81 bits per heavy atom. The zero-order chi connectivity index (χ0) is 26.7. The van der Waals surface area contributed by atoms with E-state index in [0.29, 0.717) is 26.1 Å². The second-order valence-electron chi connectivity index (χ2n) is 9.40. The van der Waals surface area contributed by atoms with Gasteiger partial charge in [0.05, 0.1) is 19.8 Å². The predicted molar refractivity (Wildman–Crippen MR) is 143 cm³/mol. The Morgan fingerprint density at radius 1 is 0.750 bits per heavy atom. The number of unbranched alkanes of at least 4 members (excludes halogenated alkanes) is 14. The Kier molecular flexibility index (Phi) is 25.7. The molecule has 0 spiro atoms. The van der Waals surface area contributed by atoms with Crippen molar-refractivity contribution in [1.29, 1.82) is 0 Å². The van der Waals surface area contributed by atoms with Crippen LogP contribution >= 0.6 is 7.82 Å². The van der Waals surface area contributed by atoms with Crippen molar-refractivity contribution < 1.29 is 37.9 Å². The number of carbonyl (C=O) groups is 1. The van der Waals surface area contributed by atoms with Gasteiger partial charge in [-0.15, -0.1) is 0 Å². The monoisotopic (exact) mass is 539 g/mol. The first-order chi connectivity index (χ1) is 17.4. The fourth-order valence-corrected chi connectivity index (χ4v) is 4.53. The molecule has 10 heteroatoms. The average molecular weight is 540 g/mol. The van der Waals surface area contributed by atoms with E-state index >= 15 is 0 Å². The van der Waals surface area contributed by atoms with Crippen LogP contribution in [0, 0.1) is 0 Å². The highest BCUT2D eigenvalue weighted by molar-refractivity contribution is 7.47. The fourth-order valence-electron chi connectivity index (χ4n) is 3.77. The first-order valence-corrected chi connectivity index (χ1v) is 15.6. The van der Waals surface area contributed by atoms with E-state index in [9.17, 15) is 14.3 Å². The Labute approximate surface area is 219 Å². The summed E-state index contributed by atoms with van der Waals surface area (Å²) in [4.78, 5) is 20.3. The normalized spacial score (nSPS) is 14.1. The maximum atomic E-state index is 11.8. The Morgan fingerprint density at radius 2 is 1.28 bits per heavy atom. The second-order valence-corrected chi connectivity index (χ2v) is 10.9. The number of hydrogen-bond acceptors (Lipinski definition) is 7. The van der Waals surface area contributed by atoms with Crippen LogP contribution in [-0.2, 0) is 27.9 Å². The average Bonchev–Trinajstić information content (AvgIpc) is 2.84.